The summed E-state index contributed by atoms with van der Waals surface area (Å²) >= 11 is 2.16. The van der Waals surface area contributed by atoms with E-state index in [1.54, 1.807) is 30.5 Å². The van der Waals surface area contributed by atoms with E-state index in [4.69, 9.17) is 24.8 Å². The van der Waals surface area contributed by atoms with Gasteiger partial charge in [0.15, 0.2) is 0 Å². The van der Waals surface area contributed by atoms with E-state index >= 15 is 0 Å². The molecule has 3 heterocycles. The molecule has 0 N–H and O–H groups in total. The van der Waals surface area contributed by atoms with Crippen LogP contribution in [-0.4, -0.2) is 18.7 Å². The zero-order chi connectivity index (χ0) is 58.3. The molecule has 0 saturated carbocycles. The van der Waals surface area contributed by atoms with Crippen LogP contribution in [0.2, 0.25) is 0 Å². The van der Waals surface area contributed by atoms with Crippen molar-refractivity contribution >= 4 is 32.8 Å². The van der Waals surface area contributed by atoms with Gasteiger partial charge in [0.2, 0.25) is 0 Å². The number of benzene rings is 8. The standard InChI is InChI=1S/C61H46N4O.Pt/c1-61(2,3)46-33-34-62-58(37-46)65-54-32-29-44(41-17-7-4-8-18-41)35-53(54)51-31-30-49(39-57(51)65)66-48-25-16-24-47(38-48)63-40-64(56-28-14-13-27-55(56)63)60-52(42-19-9-5-10-20-42)36-45-23-15-26-50(45)59(60)43-21-11-6-12-22-43;/h4-14,16-22,24-25,27-37H,15,23,26H2,1-3H3;/q-2;/i4D,5D,6D,7D,8D,9D,10D,11D,12D,17D,18D,19D,20D,21D,22D;. The van der Waals surface area contributed by atoms with Gasteiger partial charge >= 0.3 is 326 Å². The second-order valence-electron chi connectivity index (χ2n) is 17.3. The number of nitrogens with zero attached hydrogens (tertiary/aromatic N) is 4. The molecule has 0 amide bonds. The van der Waals surface area contributed by atoms with Gasteiger partial charge in [-0.3, -0.25) is 0 Å². The summed E-state index contributed by atoms with van der Waals surface area (Å²) in [5, 5.41) is 1.45. The quantitative estimate of drug-likeness (QED) is 0.142. The van der Waals surface area contributed by atoms with Crippen molar-refractivity contribution in [3.63, 3.8) is 0 Å². The van der Waals surface area contributed by atoms with Gasteiger partial charge in [0.1, 0.15) is 0 Å². The minimum Gasteiger partial charge on any atom is -0.0617 e. The molecule has 11 aromatic rings. The van der Waals surface area contributed by atoms with E-state index < -0.39 is 78.6 Å². The van der Waals surface area contributed by atoms with E-state index in [0.29, 0.717) is 79.1 Å². The third kappa shape index (κ3) is 7.21. The zero-order valence-corrected chi connectivity index (χ0v) is 38.6. The molecule has 67 heavy (non-hydrogen) atoms. The van der Waals surface area contributed by atoms with Gasteiger partial charge in [-0.1, -0.05) is 57.0 Å². The number of hydrogen-bond acceptors (Lipinski definition) is 2. The summed E-state index contributed by atoms with van der Waals surface area (Å²) in [5.74, 6) is 1.21. The predicted molar refractivity (Wildman–Crippen MR) is 269 cm³/mol. The average molecular weight is 1060 g/mol. The van der Waals surface area contributed by atoms with Crippen LogP contribution in [0.15, 0.2) is 188 Å². The molecule has 328 valence electrons. The Kier molecular flexibility index (Phi) is 6.90. The summed E-state index contributed by atoms with van der Waals surface area (Å²) in [6.07, 6.45) is 3.44. The van der Waals surface area contributed by atoms with Gasteiger partial charge in [0.05, 0.1) is 6.85 Å². The molecule has 3 aromatic heterocycles. The molecule has 0 radical (unpaired) electrons. The van der Waals surface area contributed by atoms with Crippen molar-refractivity contribution < 1.29 is 44.7 Å². The molecule has 1 aliphatic carbocycles. The molecule has 0 unspecified atom stereocenters. The first-order chi connectivity index (χ1) is 39.0. The van der Waals surface area contributed by atoms with Crippen molar-refractivity contribution in [2.75, 3.05) is 0 Å². The summed E-state index contributed by atoms with van der Waals surface area (Å²) in [4.78, 5) is 4.83. The van der Waals surface area contributed by atoms with Crippen molar-refractivity contribution in [3.05, 3.63) is 220 Å². The molecule has 0 spiro atoms. The third-order valence-corrected chi connectivity index (χ3v) is 13.3. The third-order valence-electron chi connectivity index (χ3n) is 12.3. The Balaban J connectivity index is 1.06. The molecular formula is C61H46N4OPt-2. The fourth-order valence-corrected chi connectivity index (χ4v) is 10.3. The predicted octanol–water partition coefficient (Wildman–Crippen LogP) is 15.2. The van der Waals surface area contributed by atoms with E-state index in [-0.39, 0.29) is 45.4 Å². The summed E-state index contributed by atoms with van der Waals surface area (Å²) in [5.41, 5.74) is 6.47. The Morgan fingerprint density at radius 3 is 2.06 bits per heavy atom. The van der Waals surface area contributed by atoms with Crippen LogP contribution in [0, 0.1) is 15.9 Å². The van der Waals surface area contributed by atoms with Crippen LogP contribution >= 0.6 is 0 Å². The van der Waals surface area contributed by atoms with Gasteiger partial charge in [0.25, 0.3) is 0 Å². The first-order valence-corrected chi connectivity index (χ1v) is 22.9. The average Bonchev–Trinajstić information content (AvgIpc) is 1.91. The summed E-state index contributed by atoms with van der Waals surface area (Å²) in [7, 11) is 0. The summed E-state index contributed by atoms with van der Waals surface area (Å²) < 4.78 is 145. The Bertz CT molecular complexity index is 4590. The SMILES string of the molecule is [2H]c1c([2H])c([2H])c(-c2ccc3c(c2)c2ccc(Oc4[c-]c(-n5[c](=[Pt])n(-c6c(-c7c([2H])c([2H])c([2H])c([2H])c7[2H])cc7c(c6-c6c([2H])c([2H])c([2H])c([2H])c6[2H])CCC7)c6ccccc65)ccc4)[c-]c2n3-c2cc(C(C)(C)C)ccn2)c([2H])c1[2H]. The fourth-order valence-electron chi connectivity index (χ4n) is 9.26. The van der Waals surface area contributed by atoms with Gasteiger partial charge in [-0.05, 0) is 28.2 Å². The number of ether oxygens (including phenoxy) is 1. The van der Waals surface area contributed by atoms with Crippen LogP contribution in [0.4, 0.5) is 0 Å². The number of imidazole rings is 1. The number of pyridine rings is 1. The topological polar surface area (TPSA) is 36.9 Å². The molecule has 12 rings (SSSR count). The second kappa shape index (κ2) is 16.5. The van der Waals surface area contributed by atoms with E-state index in [1.165, 1.54) is 0 Å². The van der Waals surface area contributed by atoms with E-state index in [9.17, 15) is 5.48 Å². The minimum atomic E-state index is -0.573. The molecular weight excluding hydrogens is 1000 g/mol. The number of aryl methyl sites for hydroxylation is 1. The molecule has 0 aliphatic heterocycles. The second-order valence-corrected chi connectivity index (χ2v) is 18.4. The summed E-state index contributed by atoms with van der Waals surface area (Å²) in [6, 6.07) is 27.6. The molecule has 0 bridgehead atoms. The normalized spacial score (nSPS) is 15.7. The van der Waals surface area contributed by atoms with Gasteiger partial charge in [0, 0.05) is 6.20 Å². The van der Waals surface area contributed by atoms with Crippen LogP contribution in [-0.2, 0) is 37.6 Å². The Morgan fingerprint density at radius 2 is 1.31 bits per heavy atom. The molecule has 8 aromatic carbocycles. The van der Waals surface area contributed by atoms with E-state index in [1.807, 2.05) is 80.4 Å². The Hall–Kier alpha value is -7.33. The fraction of sp³-hybridized carbons (Fsp3) is 0.115. The molecule has 6 heteroatoms. The maximum atomic E-state index is 9.35. The Morgan fingerprint density at radius 1 is 0.612 bits per heavy atom. The van der Waals surface area contributed by atoms with E-state index in [0.717, 1.165) is 27.6 Å². The van der Waals surface area contributed by atoms with Crippen molar-refractivity contribution in [3.8, 4) is 62.1 Å². The van der Waals surface area contributed by atoms with E-state index in [2.05, 4.69) is 52.3 Å². The van der Waals surface area contributed by atoms with Gasteiger partial charge in [-0.15, -0.1) is 0 Å². The van der Waals surface area contributed by atoms with Crippen molar-refractivity contribution in [2.45, 2.75) is 45.4 Å². The van der Waals surface area contributed by atoms with Crippen molar-refractivity contribution in [2.24, 2.45) is 0 Å². The number of rotatable bonds is 8. The van der Waals surface area contributed by atoms with Crippen LogP contribution in [0.5, 0.6) is 11.5 Å². The van der Waals surface area contributed by atoms with Gasteiger partial charge in [-0.2, -0.15) is 0 Å². The summed E-state index contributed by atoms with van der Waals surface area (Å²) in [6.45, 7) is 6.34. The first kappa shape index (κ1) is 28.0. The number of para-hydroxylation sites is 2. The minimum absolute atomic E-state index is 0.0739. The van der Waals surface area contributed by atoms with Crippen molar-refractivity contribution in [1.82, 2.24) is 18.7 Å². The molecule has 0 saturated heterocycles. The smallest absolute Gasteiger partial charge is 0.0617 e. The zero-order valence-electron chi connectivity index (χ0n) is 51.4. The molecule has 1 aliphatic rings. The molecule has 0 fully saturated rings. The van der Waals surface area contributed by atoms with Crippen LogP contribution in [0.3, 0.4) is 0 Å². The molecule has 0 atom stereocenters. The van der Waals surface area contributed by atoms with Crippen molar-refractivity contribution in [1.29, 1.82) is 0 Å². The van der Waals surface area contributed by atoms with Crippen LogP contribution in [0.1, 0.15) is 64.4 Å². The number of hydrogen-bond donors (Lipinski definition) is 0. The van der Waals surface area contributed by atoms with Gasteiger partial charge < -0.3 is 0 Å². The first-order valence-electron chi connectivity index (χ1n) is 29.3. The number of fused-ring (bicyclic) bond motifs is 5. The van der Waals surface area contributed by atoms with Crippen LogP contribution in [0.25, 0.3) is 83.4 Å². The van der Waals surface area contributed by atoms with Crippen LogP contribution < -0.4 is 4.74 Å². The maximum absolute atomic E-state index is 9.35. The number of aromatic nitrogens is 4. The Labute approximate surface area is 422 Å². The molecule has 5 nitrogen and oxygen atoms in total. The van der Waals surface area contributed by atoms with Gasteiger partial charge in [-0.25, -0.2) is 0 Å². The monoisotopic (exact) mass is 1060 g/mol.